The summed E-state index contributed by atoms with van der Waals surface area (Å²) in [6.45, 7) is 1.24. The zero-order valence-corrected chi connectivity index (χ0v) is 10.5. The smallest absolute Gasteiger partial charge is 0.294 e. The second kappa shape index (κ2) is 5.07. The molecule has 0 heterocycles. The molecule has 0 saturated heterocycles. The topological polar surface area (TPSA) is 17.1 Å². The first-order chi connectivity index (χ1) is 9.29. The van der Waals surface area contributed by atoms with Gasteiger partial charge in [-0.05, 0) is 42.3 Å². The van der Waals surface area contributed by atoms with E-state index in [-0.39, 0.29) is 16.7 Å². The quantitative estimate of drug-likeness (QED) is 0.575. The van der Waals surface area contributed by atoms with Crippen LogP contribution in [0.5, 0.6) is 0 Å². The molecule has 0 unspecified atom stereocenters. The minimum Gasteiger partial charge on any atom is -0.294 e. The highest BCUT2D eigenvalue weighted by molar-refractivity contribution is 6.00. The second-order valence-electron chi connectivity index (χ2n) is 4.32. The van der Waals surface area contributed by atoms with Crippen LogP contribution in [0.15, 0.2) is 42.5 Å². The Morgan fingerprint density at radius 2 is 1.75 bits per heavy atom. The number of hydrogen-bond donors (Lipinski definition) is 0. The van der Waals surface area contributed by atoms with Gasteiger partial charge in [0.05, 0.1) is 5.56 Å². The van der Waals surface area contributed by atoms with Crippen LogP contribution >= 0.6 is 0 Å². The molecule has 104 valence electrons. The molecule has 0 bridgehead atoms. The largest absolute Gasteiger partial charge is 0.416 e. The molecule has 2 aromatic rings. The fourth-order valence-electron chi connectivity index (χ4n) is 1.92. The van der Waals surface area contributed by atoms with Crippen LogP contribution in [0.3, 0.4) is 0 Å². The summed E-state index contributed by atoms with van der Waals surface area (Å²) in [6, 6.07) is 8.04. The van der Waals surface area contributed by atoms with E-state index in [0.717, 1.165) is 24.3 Å². The fraction of sp³-hybridized carbons (Fsp3) is 0.133. The van der Waals surface area contributed by atoms with Gasteiger partial charge in [-0.25, -0.2) is 4.39 Å². The van der Waals surface area contributed by atoms with Gasteiger partial charge in [0.1, 0.15) is 5.82 Å². The number of alkyl halides is 3. The number of carbonyl (C=O) groups excluding carboxylic acids is 1. The van der Waals surface area contributed by atoms with Crippen LogP contribution in [0.2, 0.25) is 0 Å². The van der Waals surface area contributed by atoms with Gasteiger partial charge in [0.25, 0.3) is 0 Å². The molecule has 0 atom stereocenters. The molecule has 0 aliphatic rings. The first-order valence-electron chi connectivity index (χ1n) is 5.77. The normalized spacial score (nSPS) is 11.4. The molecule has 0 aliphatic carbocycles. The van der Waals surface area contributed by atoms with E-state index in [1.165, 1.54) is 25.1 Å². The molecule has 2 rings (SSSR count). The van der Waals surface area contributed by atoms with Crippen molar-refractivity contribution in [2.24, 2.45) is 0 Å². The van der Waals surface area contributed by atoms with Crippen molar-refractivity contribution in [1.82, 2.24) is 0 Å². The Bertz CT molecular complexity index is 659. The van der Waals surface area contributed by atoms with Crippen molar-refractivity contribution in [3.05, 3.63) is 59.4 Å². The Kier molecular flexibility index (Phi) is 3.61. The van der Waals surface area contributed by atoms with E-state index in [4.69, 9.17) is 0 Å². The highest BCUT2D eigenvalue weighted by atomic mass is 19.4. The molecule has 0 spiro atoms. The van der Waals surface area contributed by atoms with E-state index in [1.54, 1.807) is 0 Å². The Morgan fingerprint density at radius 1 is 1.05 bits per heavy atom. The lowest BCUT2D eigenvalue weighted by molar-refractivity contribution is -0.137. The van der Waals surface area contributed by atoms with Crippen molar-refractivity contribution >= 4 is 5.78 Å². The maximum absolute atomic E-state index is 13.2. The van der Waals surface area contributed by atoms with Crippen molar-refractivity contribution in [2.45, 2.75) is 13.1 Å². The number of ketones is 1. The number of Topliss-reactive ketones (excluding diaryl/α,β-unsaturated/α-hetero) is 1. The van der Waals surface area contributed by atoms with Crippen LogP contribution in [0.25, 0.3) is 11.1 Å². The summed E-state index contributed by atoms with van der Waals surface area (Å²) in [5.41, 5.74) is -0.242. The van der Waals surface area contributed by atoms with Crippen LogP contribution in [-0.4, -0.2) is 5.78 Å². The van der Waals surface area contributed by atoms with Crippen LogP contribution in [0.1, 0.15) is 22.8 Å². The zero-order chi connectivity index (χ0) is 14.9. The van der Waals surface area contributed by atoms with E-state index in [0.29, 0.717) is 0 Å². The monoisotopic (exact) mass is 282 g/mol. The summed E-state index contributed by atoms with van der Waals surface area (Å²) in [5, 5.41) is 0. The van der Waals surface area contributed by atoms with Crippen LogP contribution in [0.4, 0.5) is 17.6 Å². The minimum absolute atomic E-state index is 0.0596. The Hall–Kier alpha value is -2.17. The lowest BCUT2D eigenvalue weighted by Crippen LogP contribution is -2.05. The molecule has 0 N–H and O–H groups in total. The molecule has 0 aromatic heterocycles. The number of rotatable bonds is 2. The maximum atomic E-state index is 13.2. The van der Waals surface area contributed by atoms with Crippen molar-refractivity contribution < 1.29 is 22.4 Å². The zero-order valence-electron chi connectivity index (χ0n) is 10.5. The molecular weight excluding hydrogens is 272 g/mol. The van der Waals surface area contributed by atoms with Crippen molar-refractivity contribution in [1.29, 1.82) is 0 Å². The van der Waals surface area contributed by atoms with Gasteiger partial charge in [0.15, 0.2) is 5.78 Å². The number of hydrogen-bond acceptors (Lipinski definition) is 1. The minimum atomic E-state index is -4.47. The molecule has 2 aromatic carbocycles. The average Bonchev–Trinajstić information content (AvgIpc) is 2.37. The van der Waals surface area contributed by atoms with Crippen molar-refractivity contribution in [3.8, 4) is 11.1 Å². The summed E-state index contributed by atoms with van der Waals surface area (Å²) in [5.74, 6) is -1.01. The van der Waals surface area contributed by atoms with Gasteiger partial charge in [-0.15, -0.1) is 0 Å². The molecule has 5 heteroatoms. The van der Waals surface area contributed by atoms with Gasteiger partial charge < -0.3 is 0 Å². The molecule has 0 radical (unpaired) electrons. The Balaban J connectivity index is 2.60. The predicted octanol–water partition coefficient (Wildman–Crippen LogP) is 4.71. The van der Waals surface area contributed by atoms with Crippen molar-refractivity contribution in [2.75, 3.05) is 0 Å². The molecule has 20 heavy (non-hydrogen) atoms. The lowest BCUT2D eigenvalue weighted by atomic mass is 9.96. The first kappa shape index (κ1) is 14.2. The third kappa shape index (κ3) is 2.87. The summed E-state index contributed by atoms with van der Waals surface area (Å²) < 4.78 is 51.2. The Morgan fingerprint density at radius 3 is 2.35 bits per heavy atom. The first-order valence-corrected chi connectivity index (χ1v) is 5.77. The predicted molar refractivity (Wildman–Crippen MR) is 66.8 cm³/mol. The molecule has 0 saturated carbocycles. The third-order valence-corrected chi connectivity index (χ3v) is 2.86. The summed E-state index contributed by atoms with van der Waals surface area (Å²) in [6.07, 6.45) is -4.47. The molecule has 0 amide bonds. The van der Waals surface area contributed by atoms with Gasteiger partial charge in [-0.3, -0.25) is 4.79 Å². The molecule has 1 nitrogen and oxygen atoms in total. The SMILES string of the molecule is CC(=O)c1cc(F)ccc1-c1cccc(C(F)(F)F)c1. The van der Waals surface area contributed by atoms with Crippen LogP contribution in [-0.2, 0) is 6.18 Å². The van der Waals surface area contributed by atoms with Gasteiger partial charge >= 0.3 is 6.18 Å². The number of halogens is 4. The number of benzene rings is 2. The Labute approximate surface area is 112 Å². The fourth-order valence-corrected chi connectivity index (χ4v) is 1.92. The second-order valence-corrected chi connectivity index (χ2v) is 4.32. The van der Waals surface area contributed by atoms with Crippen LogP contribution < -0.4 is 0 Å². The average molecular weight is 282 g/mol. The summed E-state index contributed by atoms with van der Waals surface area (Å²) >= 11 is 0. The van der Waals surface area contributed by atoms with E-state index in [9.17, 15) is 22.4 Å². The van der Waals surface area contributed by atoms with Gasteiger partial charge in [0, 0.05) is 5.56 Å². The summed E-state index contributed by atoms with van der Waals surface area (Å²) in [7, 11) is 0. The van der Waals surface area contributed by atoms with E-state index in [2.05, 4.69) is 0 Å². The lowest BCUT2D eigenvalue weighted by Gasteiger charge is -2.11. The highest BCUT2D eigenvalue weighted by Crippen LogP contribution is 2.33. The highest BCUT2D eigenvalue weighted by Gasteiger charge is 2.30. The van der Waals surface area contributed by atoms with E-state index < -0.39 is 23.3 Å². The van der Waals surface area contributed by atoms with Gasteiger partial charge in [0.2, 0.25) is 0 Å². The molecule has 0 aliphatic heterocycles. The standard InChI is InChI=1S/C15H10F4O/c1-9(20)14-8-12(16)5-6-13(14)10-3-2-4-11(7-10)15(17,18)19/h2-8H,1H3. The van der Waals surface area contributed by atoms with Crippen molar-refractivity contribution in [3.63, 3.8) is 0 Å². The van der Waals surface area contributed by atoms with Gasteiger partial charge in [-0.1, -0.05) is 18.2 Å². The molecular formula is C15H10F4O. The summed E-state index contributed by atoms with van der Waals surface area (Å²) in [4.78, 5) is 11.5. The maximum Gasteiger partial charge on any atom is 0.416 e. The van der Waals surface area contributed by atoms with E-state index in [1.807, 2.05) is 0 Å². The van der Waals surface area contributed by atoms with Crippen LogP contribution in [0, 0.1) is 5.82 Å². The number of carbonyl (C=O) groups is 1. The molecule has 0 fully saturated rings. The third-order valence-electron chi connectivity index (χ3n) is 2.86. The van der Waals surface area contributed by atoms with E-state index >= 15 is 0 Å². The van der Waals surface area contributed by atoms with Gasteiger partial charge in [-0.2, -0.15) is 13.2 Å².